The van der Waals surface area contributed by atoms with E-state index < -0.39 is 6.04 Å². The van der Waals surface area contributed by atoms with E-state index in [9.17, 15) is 9.59 Å². The van der Waals surface area contributed by atoms with Crippen molar-refractivity contribution in [2.75, 3.05) is 7.11 Å². The summed E-state index contributed by atoms with van der Waals surface area (Å²) < 4.78 is 9.48. The zero-order valence-electron chi connectivity index (χ0n) is 15.9. The Bertz CT molecular complexity index is 1280. The van der Waals surface area contributed by atoms with Gasteiger partial charge in [0.15, 0.2) is 5.65 Å². The van der Waals surface area contributed by atoms with Crippen molar-refractivity contribution in [3.05, 3.63) is 75.2 Å². The van der Waals surface area contributed by atoms with Crippen LogP contribution in [0.2, 0.25) is 0 Å². The molecule has 29 heavy (non-hydrogen) atoms. The lowest BCUT2D eigenvalue weighted by atomic mass is 10.2. The molecule has 1 atom stereocenters. The molecule has 3 heterocycles. The molecule has 0 bridgehead atoms. The Labute approximate surface area is 175 Å². The van der Waals surface area contributed by atoms with E-state index >= 15 is 0 Å². The zero-order valence-corrected chi connectivity index (χ0v) is 17.5. The first-order valence-corrected chi connectivity index (χ1v) is 9.87. The Kier molecular flexibility index (Phi) is 5.10. The molecule has 4 aromatic rings. The van der Waals surface area contributed by atoms with Crippen LogP contribution in [0.25, 0.3) is 16.7 Å². The van der Waals surface area contributed by atoms with Crippen molar-refractivity contribution in [1.29, 1.82) is 0 Å². The number of halogens is 1. The topological polar surface area (TPSA) is 77.6 Å². The minimum Gasteiger partial charge on any atom is -0.496 e. The van der Waals surface area contributed by atoms with Crippen molar-refractivity contribution in [2.45, 2.75) is 19.5 Å². The molecule has 1 amide bonds. The number of pyridine rings is 1. The highest BCUT2D eigenvalue weighted by molar-refractivity contribution is 9.10. The maximum absolute atomic E-state index is 13.1. The van der Waals surface area contributed by atoms with Gasteiger partial charge in [-0.2, -0.15) is 0 Å². The summed E-state index contributed by atoms with van der Waals surface area (Å²) in [6.45, 7) is 1.97. The van der Waals surface area contributed by atoms with E-state index in [0.29, 0.717) is 16.9 Å². The minimum absolute atomic E-state index is 0.260. The number of nitrogens with zero attached hydrogens (tertiary/aromatic N) is 3. The summed E-state index contributed by atoms with van der Waals surface area (Å²) in [5, 5.41) is 2.90. The van der Waals surface area contributed by atoms with Crippen LogP contribution in [0.5, 0.6) is 5.75 Å². The Morgan fingerprint density at radius 1 is 1.24 bits per heavy atom. The molecule has 0 aliphatic carbocycles. The Hall–Kier alpha value is -3.13. The molecule has 7 nitrogen and oxygen atoms in total. The lowest BCUT2D eigenvalue weighted by Crippen LogP contribution is -2.36. The monoisotopic (exact) mass is 454 g/mol. The molecule has 8 heteroatoms. The SMILES string of the molecule is COc1ccc(Br)cc1CNC(=O)[C@H](C)n1c(=O)c2cccn2c2cccnc21. The van der Waals surface area contributed by atoms with Crippen molar-refractivity contribution in [3.8, 4) is 5.75 Å². The van der Waals surface area contributed by atoms with Crippen LogP contribution >= 0.6 is 15.9 Å². The van der Waals surface area contributed by atoms with Crippen molar-refractivity contribution in [1.82, 2.24) is 19.3 Å². The van der Waals surface area contributed by atoms with Gasteiger partial charge in [-0.15, -0.1) is 0 Å². The van der Waals surface area contributed by atoms with E-state index in [1.807, 2.05) is 30.5 Å². The molecule has 0 saturated heterocycles. The average Bonchev–Trinajstić information content (AvgIpc) is 3.23. The quantitative estimate of drug-likeness (QED) is 0.501. The maximum atomic E-state index is 13.1. The van der Waals surface area contributed by atoms with E-state index in [4.69, 9.17) is 4.74 Å². The molecule has 0 radical (unpaired) electrons. The summed E-state index contributed by atoms with van der Waals surface area (Å²) in [6, 6.07) is 12.1. The third-order valence-electron chi connectivity index (χ3n) is 4.90. The van der Waals surface area contributed by atoms with E-state index in [0.717, 1.165) is 15.6 Å². The number of benzene rings is 1. The lowest BCUT2D eigenvalue weighted by molar-refractivity contribution is -0.124. The van der Waals surface area contributed by atoms with E-state index in [-0.39, 0.29) is 18.0 Å². The fraction of sp³-hybridized carbons (Fsp3) is 0.190. The molecule has 0 aliphatic rings. The van der Waals surface area contributed by atoms with E-state index in [2.05, 4.69) is 26.2 Å². The molecular weight excluding hydrogens is 436 g/mol. The molecule has 0 spiro atoms. The van der Waals surface area contributed by atoms with Crippen LogP contribution in [0.4, 0.5) is 0 Å². The third-order valence-corrected chi connectivity index (χ3v) is 5.40. The number of carbonyl (C=O) groups is 1. The van der Waals surface area contributed by atoms with Crippen molar-refractivity contribution < 1.29 is 9.53 Å². The second-order valence-corrected chi connectivity index (χ2v) is 7.55. The molecule has 0 unspecified atom stereocenters. The molecule has 0 aliphatic heterocycles. The predicted octanol–water partition coefficient (Wildman–Crippen LogP) is 3.30. The maximum Gasteiger partial charge on any atom is 0.277 e. The summed E-state index contributed by atoms with van der Waals surface area (Å²) in [5.74, 6) is 0.400. The Morgan fingerprint density at radius 3 is 2.83 bits per heavy atom. The summed E-state index contributed by atoms with van der Waals surface area (Å²) in [6.07, 6.45) is 3.43. The molecule has 1 aromatic carbocycles. The molecule has 3 aromatic heterocycles. The van der Waals surface area contributed by atoms with Crippen LogP contribution < -0.4 is 15.6 Å². The number of aromatic nitrogens is 3. The highest BCUT2D eigenvalue weighted by Crippen LogP contribution is 2.23. The van der Waals surface area contributed by atoms with Crippen molar-refractivity contribution >= 4 is 38.5 Å². The van der Waals surface area contributed by atoms with Crippen LogP contribution in [0.15, 0.2) is 64.1 Å². The molecule has 0 fully saturated rings. The lowest BCUT2D eigenvalue weighted by Gasteiger charge is -2.18. The van der Waals surface area contributed by atoms with Crippen molar-refractivity contribution in [3.63, 3.8) is 0 Å². The number of fused-ring (bicyclic) bond motifs is 3. The highest BCUT2D eigenvalue weighted by Gasteiger charge is 2.21. The minimum atomic E-state index is -0.738. The first-order valence-electron chi connectivity index (χ1n) is 9.07. The summed E-state index contributed by atoms with van der Waals surface area (Å²) >= 11 is 3.43. The molecule has 4 rings (SSSR count). The average molecular weight is 455 g/mol. The smallest absolute Gasteiger partial charge is 0.277 e. The van der Waals surface area contributed by atoms with Crippen LogP contribution in [0, 0.1) is 0 Å². The number of hydrogen-bond acceptors (Lipinski definition) is 4. The standard InChI is InChI=1S/C21H19BrN4O3/c1-13(20(27)24-12-14-11-15(22)7-8-18(14)29-2)26-19-16(5-3-9-23-19)25-10-4-6-17(25)21(26)28/h3-11,13H,12H2,1-2H3,(H,24,27)/t13-/m0/s1. The van der Waals surface area contributed by atoms with Gasteiger partial charge in [-0.05, 0) is 49.4 Å². The van der Waals surface area contributed by atoms with Gasteiger partial charge < -0.3 is 14.5 Å². The Morgan fingerprint density at radius 2 is 2.03 bits per heavy atom. The summed E-state index contributed by atoms with van der Waals surface area (Å²) in [4.78, 5) is 30.3. The number of ether oxygens (including phenoxy) is 1. The van der Waals surface area contributed by atoms with Gasteiger partial charge in [-0.3, -0.25) is 14.2 Å². The van der Waals surface area contributed by atoms with Gasteiger partial charge in [0.2, 0.25) is 5.91 Å². The van der Waals surface area contributed by atoms with Crippen molar-refractivity contribution in [2.24, 2.45) is 0 Å². The number of rotatable bonds is 5. The van der Waals surface area contributed by atoms with E-state index in [1.54, 1.807) is 42.8 Å². The number of amides is 1. The fourth-order valence-corrected chi connectivity index (χ4v) is 3.85. The first-order chi connectivity index (χ1) is 14.0. The first kappa shape index (κ1) is 19.2. The van der Waals surface area contributed by atoms with Crippen LogP contribution in [0.1, 0.15) is 18.5 Å². The molecule has 1 N–H and O–H groups in total. The largest absolute Gasteiger partial charge is 0.496 e. The van der Waals surface area contributed by atoms with Crippen LogP contribution in [0.3, 0.4) is 0 Å². The van der Waals surface area contributed by atoms with Gasteiger partial charge in [-0.25, -0.2) is 4.98 Å². The van der Waals surface area contributed by atoms with Gasteiger partial charge in [0.1, 0.15) is 17.3 Å². The second kappa shape index (κ2) is 7.71. The van der Waals surface area contributed by atoms with Gasteiger partial charge in [0, 0.05) is 29.0 Å². The zero-order chi connectivity index (χ0) is 20.5. The normalized spacial score (nSPS) is 12.2. The third kappa shape index (κ3) is 3.40. The summed E-state index contributed by atoms with van der Waals surface area (Å²) in [7, 11) is 1.58. The number of carbonyl (C=O) groups excluding carboxylic acids is 1. The number of nitrogens with one attached hydrogen (secondary N) is 1. The van der Waals surface area contributed by atoms with Gasteiger partial charge in [-0.1, -0.05) is 15.9 Å². The van der Waals surface area contributed by atoms with Gasteiger partial charge in [0.25, 0.3) is 5.56 Å². The van der Waals surface area contributed by atoms with Gasteiger partial charge >= 0.3 is 0 Å². The predicted molar refractivity (Wildman–Crippen MR) is 114 cm³/mol. The molecular formula is C21H19BrN4O3. The highest BCUT2D eigenvalue weighted by atomic mass is 79.9. The van der Waals surface area contributed by atoms with Crippen LogP contribution in [-0.4, -0.2) is 27.0 Å². The summed E-state index contributed by atoms with van der Waals surface area (Å²) in [5.41, 5.74) is 2.30. The second-order valence-electron chi connectivity index (χ2n) is 6.63. The Balaban J connectivity index is 1.69. The fourth-order valence-electron chi connectivity index (χ4n) is 3.44. The van der Waals surface area contributed by atoms with Gasteiger partial charge in [0.05, 0.1) is 12.6 Å². The number of methoxy groups -OCH3 is 1. The van der Waals surface area contributed by atoms with Crippen LogP contribution in [-0.2, 0) is 11.3 Å². The van der Waals surface area contributed by atoms with E-state index in [1.165, 1.54) is 4.57 Å². The molecule has 0 saturated carbocycles. The number of hydrogen-bond donors (Lipinski definition) is 1. The molecule has 148 valence electrons.